The van der Waals surface area contributed by atoms with Crippen LogP contribution < -0.4 is 16.0 Å². The topological polar surface area (TPSA) is 97.9 Å². The highest BCUT2D eigenvalue weighted by molar-refractivity contribution is 5.90. The van der Waals surface area contributed by atoms with Gasteiger partial charge in [0.2, 0.25) is 0 Å². The number of urea groups is 1. The number of carbonyl (C=O) groups is 2. The maximum Gasteiger partial charge on any atom is 0.411 e. The van der Waals surface area contributed by atoms with Crippen LogP contribution in [-0.2, 0) is 14.2 Å². The predicted molar refractivity (Wildman–Crippen MR) is 84.7 cm³/mol. The van der Waals surface area contributed by atoms with Gasteiger partial charge in [-0.15, -0.1) is 0 Å². The van der Waals surface area contributed by atoms with Crippen LogP contribution in [0.4, 0.5) is 21.0 Å². The zero-order valence-electron chi connectivity index (χ0n) is 13.0. The molecule has 1 atom stereocenters. The third kappa shape index (κ3) is 6.13. The molecule has 126 valence electrons. The molecule has 0 bridgehead atoms. The first-order chi connectivity index (χ1) is 11.2. The van der Waals surface area contributed by atoms with Crippen LogP contribution in [0.2, 0.25) is 0 Å². The van der Waals surface area contributed by atoms with Gasteiger partial charge in [0.1, 0.15) is 0 Å². The maximum atomic E-state index is 11.8. The van der Waals surface area contributed by atoms with Crippen molar-refractivity contribution in [3.63, 3.8) is 0 Å². The van der Waals surface area contributed by atoms with Gasteiger partial charge in [0, 0.05) is 17.9 Å². The van der Waals surface area contributed by atoms with Gasteiger partial charge < -0.3 is 24.8 Å². The third-order valence-corrected chi connectivity index (χ3v) is 3.04. The predicted octanol–water partition coefficient (Wildman–Crippen LogP) is 1.79. The highest BCUT2D eigenvalue weighted by Gasteiger charge is 2.15. The number of amides is 3. The Morgan fingerprint density at radius 2 is 1.87 bits per heavy atom. The van der Waals surface area contributed by atoms with E-state index < -0.39 is 6.09 Å². The lowest BCUT2D eigenvalue weighted by Gasteiger charge is -2.23. The second kappa shape index (κ2) is 8.96. The Balaban J connectivity index is 1.73. The van der Waals surface area contributed by atoms with Crippen molar-refractivity contribution < 1.29 is 23.8 Å². The second-order valence-electron chi connectivity index (χ2n) is 4.83. The van der Waals surface area contributed by atoms with Crippen molar-refractivity contribution in [3.8, 4) is 0 Å². The Morgan fingerprint density at radius 1 is 1.17 bits per heavy atom. The fourth-order valence-electron chi connectivity index (χ4n) is 1.96. The summed E-state index contributed by atoms with van der Waals surface area (Å²) in [5.41, 5.74) is 1.19. The van der Waals surface area contributed by atoms with Gasteiger partial charge in [0.15, 0.2) is 0 Å². The molecule has 1 aromatic carbocycles. The first kappa shape index (κ1) is 17.0. The summed E-state index contributed by atoms with van der Waals surface area (Å²) >= 11 is 0. The van der Waals surface area contributed by atoms with E-state index in [1.807, 2.05) is 0 Å². The fourth-order valence-corrected chi connectivity index (χ4v) is 1.96. The van der Waals surface area contributed by atoms with Crippen molar-refractivity contribution in [1.29, 1.82) is 0 Å². The molecule has 0 spiro atoms. The summed E-state index contributed by atoms with van der Waals surface area (Å²) < 4.78 is 15.5. The lowest BCUT2D eigenvalue weighted by molar-refractivity contribution is -0.0852. The summed E-state index contributed by atoms with van der Waals surface area (Å²) in [6.45, 7) is 4.04. The molecule has 0 aliphatic carbocycles. The summed E-state index contributed by atoms with van der Waals surface area (Å²) in [6.07, 6.45) is -0.633. The molecule has 1 saturated heterocycles. The standard InChI is InChI=1S/C15H21N3O5/c1-2-22-15(20)18-12-5-3-11(4-6-12)17-14(19)16-9-13-10-21-7-8-23-13/h3-6,13H,2,7-10H2,1H3,(H,18,20)(H2,16,17,19)/t13-/m1/s1. The Hall–Kier alpha value is -2.32. The van der Waals surface area contributed by atoms with E-state index in [1.165, 1.54) is 0 Å². The van der Waals surface area contributed by atoms with E-state index in [0.29, 0.717) is 44.3 Å². The quantitative estimate of drug-likeness (QED) is 0.767. The van der Waals surface area contributed by atoms with Gasteiger partial charge in [0.25, 0.3) is 0 Å². The number of hydrogen-bond donors (Lipinski definition) is 3. The molecule has 1 fully saturated rings. The van der Waals surface area contributed by atoms with Crippen molar-refractivity contribution >= 4 is 23.5 Å². The highest BCUT2D eigenvalue weighted by atomic mass is 16.6. The number of ether oxygens (including phenoxy) is 3. The van der Waals surface area contributed by atoms with Crippen LogP contribution >= 0.6 is 0 Å². The first-order valence-corrected chi connectivity index (χ1v) is 7.45. The van der Waals surface area contributed by atoms with E-state index in [9.17, 15) is 9.59 Å². The van der Waals surface area contributed by atoms with Gasteiger partial charge in [0.05, 0.1) is 32.5 Å². The molecule has 0 radical (unpaired) electrons. The zero-order valence-corrected chi connectivity index (χ0v) is 13.0. The Morgan fingerprint density at radius 3 is 2.48 bits per heavy atom. The van der Waals surface area contributed by atoms with Crippen molar-refractivity contribution in [2.45, 2.75) is 13.0 Å². The Bertz CT molecular complexity index is 514. The molecule has 2 rings (SSSR count). The van der Waals surface area contributed by atoms with Gasteiger partial charge in [-0.2, -0.15) is 0 Å². The van der Waals surface area contributed by atoms with E-state index in [0.717, 1.165) is 0 Å². The average molecular weight is 323 g/mol. The molecular weight excluding hydrogens is 302 g/mol. The van der Waals surface area contributed by atoms with Gasteiger partial charge in [-0.25, -0.2) is 9.59 Å². The second-order valence-corrected chi connectivity index (χ2v) is 4.83. The molecule has 8 heteroatoms. The Labute approximate surface area is 134 Å². The molecule has 1 aliphatic heterocycles. The van der Waals surface area contributed by atoms with Crippen LogP contribution in [0.5, 0.6) is 0 Å². The largest absolute Gasteiger partial charge is 0.450 e. The van der Waals surface area contributed by atoms with E-state index in [1.54, 1.807) is 31.2 Å². The number of carbonyl (C=O) groups excluding carboxylic acids is 2. The van der Waals surface area contributed by atoms with Gasteiger partial charge >= 0.3 is 12.1 Å². The van der Waals surface area contributed by atoms with Crippen molar-refractivity contribution in [2.75, 3.05) is 43.6 Å². The number of rotatable bonds is 5. The summed E-state index contributed by atoms with van der Waals surface area (Å²) in [5.74, 6) is 0. The molecule has 3 amide bonds. The van der Waals surface area contributed by atoms with Gasteiger partial charge in [-0.05, 0) is 31.2 Å². The lowest BCUT2D eigenvalue weighted by Crippen LogP contribution is -2.41. The SMILES string of the molecule is CCOC(=O)Nc1ccc(NC(=O)NC[C@@H]2COCCO2)cc1. The van der Waals surface area contributed by atoms with E-state index in [-0.39, 0.29) is 12.1 Å². The number of benzene rings is 1. The minimum atomic E-state index is -0.513. The molecule has 1 aliphatic rings. The molecule has 0 saturated carbocycles. The van der Waals surface area contributed by atoms with Crippen LogP contribution in [0, 0.1) is 0 Å². The van der Waals surface area contributed by atoms with Crippen molar-refractivity contribution in [3.05, 3.63) is 24.3 Å². The van der Waals surface area contributed by atoms with E-state index in [2.05, 4.69) is 16.0 Å². The normalized spacial score (nSPS) is 17.2. The van der Waals surface area contributed by atoms with Crippen molar-refractivity contribution in [1.82, 2.24) is 5.32 Å². The van der Waals surface area contributed by atoms with Crippen LogP contribution in [-0.4, -0.2) is 51.2 Å². The van der Waals surface area contributed by atoms with Gasteiger partial charge in [-0.3, -0.25) is 5.32 Å². The van der Waals surface area contributed by atoms with Gasteiger partial charge in [-0.1, -0.05) is 0 Å². The molecule has 23 heavy (non-hydrogen) atoms. The van der Waals surface area contributed by atoms with Crippen LogP contribution in [0.25, 0.3) is 0 Å². The molecule has 3 N–H and O–H groups in total. The van der Waals surface area contributed by atoms with Crippen molar-refractivity contribution in [2.24, 2.45) is 0 Å². The summed E-state index contributed by atoms with van der Waals surface area (Å²) in [4.78, 5) is 23.1. The monoisotopic (exact) mass is 323 g/mol. The smallest absolute Gasteiger partial charge is 0.411 e. The minimum absolute atomic E-state index is 0.120. The fraction of sp³-hybridized carbons (Fsp3) is 0.467. The van der Waals surface area contributed by atoms with Crippen LogP contribution in [0.1, 0.15) is 6.92 Å². The van der Waals surface area contributed by atoms with Crippen LogP contribution in [0.3, 0.4) is 0 Å². The minimum Gasteiger partial charge on any atom is -0.450 e. The van der Waals surface area contributed by atoms with E-state index >= 15 is 0 Å². The number of nitrogens with one attached hydrogen (secondary N) is 3. The molecule has 0 unspecified atom stereocenters. The average Bonchev–Trinajstić information content (AvgIpc) is 2.56. The molecule has 1 heterocycles. The van der Waals surface area contributed by atoms with Crippen LogP contribution in [0.15, 0.2) is 24.3 Å². The Kier molecular flexibility index (Phi) is 6.64. The third-order valence-electron chi connectivity index (χ3n) is 3.04. The highest BCUT2D eigenvalue weighted by Crippen LogP contribution is 2.13. The molecular formula is C15H21N3O5. The summed E-state index contributed by atoms with van der Waals surface area (Å²) in [5, 5.41) is 7.99. The molecule has 1 aromatic rings. The van der Waals surface area contributed by atoms with E-state index in [4.69, 9.17) is 14.2 Å². The first-order valence-electron chi connectivity index (χ1n) is 7.45. The zero-order chi connectivity index (χ0) is 16.5. The molecule has 0 aromatic heterocycles. The maximum absolute atomic E-state index is 11.8. The molecule has 8 nitrogen and oxygen atoms in total. The number of anilines is 2. The summed E-state index contributed by atoms with van der Waals surface area (Å²) in [7, 11) is 0. The lowest BCUT2D eigenvalue weighted by atomic mass is 10.3. The summed E-state index contributed by atoms with van der Waals surface area (Å²) in [6, 6.07) is 6.38. The number of hydrogen-bond acceptors (Lipinski definition) is 5.